The van der Waals surface area contributed by atoms with E-state index in [1.807, 2.05) is 24.3 Å². The van der Waals surface area contributed by atoms with Crippen LogP contribution in [-0.2, 0) is 27.2 Å². The first-order valence-corrected chi connectivity index (χ1v) is 15.0. The minimum absolute atomic E-state index is 0.114. The van der Waals surface area contributed by atoms with Gasteiger partial charge in [0.2, 0.25) is 11.8 Å². The van der Waals surface area contributed by atoms with Gasteiger partial charge < -0.3 is 25.4 Å². The maximum absolute atomic E-state index is 14.5. The Balaban J connectivity index is 2.00. The van der Waals surface area contributed by atoms with Crippen molar-refractivity contribution in [3.63, 3.8) is 0 Å². The number of hydrogen-bond donors (Lipinski definition) is 3. The van der Waals surface area contributed by atoms with E-state index in [1.165, 1.54) is 0 Å². The molecule has 2 aromatic carbocycles. The SMILES string of the molecule is CCCCCNC(=O)C(c1ccc(CC)cc1)N(C(=O)C(Cc1ccc(O)cc1)NC(=O)OC(C)(C)C)C1CCC1. The first-order valence-electron chi connectivity index (χ1n) is 15.0. The van der Waals surface area contributed by atoms with Gasteiger partial charge in [0.05, 0.1) is 0 Å². The Morgan fingerprint density at radius 3 is 2.15 bits per heavy atom. The average Bonchev–Trinajstić information content (AvgIpc) is 2.89. The molecule has 1 aliphatic rings. The normalized spacial score (nSPS) is 14.9. The van der Waals surface area contributed by atoms with Crippen LogP contribution >= 0.6 is 0 Å². The van der Waals surface area contributed by atoms with Gasteiger partial charge in [-0.2, -0.15) is 0 Å². The second-order valence-electron chi connectivity index (χ2n) is 11.9. The Morgan fingerprint density at radius 2 is 1.61 bits per heavy atom. The average molecular weight is 566 g/mol. The molecule has 0 saturated heterocycles. The van der Waals surface area contributed by atoms with Crippen LogP contribution in [0.3, 0.4) is 0 Å². The molecule has 2 aromatic rings. The van der Waals surface area contributed by atoms with E-state index in [-0.39, 0.29) is 30.0 Å². The second kappa shape index (κ2) is 14.9. The summed E-state index contributed by atoms with van der Waals surface area (Å²) >= 11 is 0. The lowest BCUT2D eigenvalue weighted by Gasteiger charge is -2.43. The number of carbonyl (C=O) groups excluding carboxylic acids is 3. The van der Waals surface area contributed by atoms with Gasteiger partial charge in [-0.05, 0) is 81.7 Å². The summed E-state index contributed by atoms with van der Waals surface area (Å²) < 4.78 is 5.51. The van der Waals surface area contributed by atoms with Crippen molar-refractivity contribution in [1.82, 2.24) is 15.5 Å². The molecule has 0 radical (unpaired) electrons. The minimum atomic E-state index is -0.972. The molecular formula is C33H47N3O5. The van der Waals surface area contributed by atoms with Crippen LogP contribution in [0.5, 0.6) is 5.75 Å². The predicted octanol–water partition coefficient (Wildman–Crippen LogP) is 5.82. The third-order valence-corrected chi connectivity index (χ3v) is 7.40. The Morgan fingerprint density at radius 1 is 0.976 bits per heavy atom. The molecular weight excluding hydrogens is 518 g/mol. The summed E-state index contributed by atoms with van der Waals surface area (Å²) in [5, 5.41) is 15.6. The summed E-state index contributed by atoms with van der Waals surface area (Å²) in [4.78, 5) is 42.9. The van der Waals surface area contributed by atoms with Crippen LogP contribution in [0.25, 0.3) is 0 Å². The van der Waals surface area contributed by atoms with Gasteiger partial charge in [0, 0.05) is 19.0 Å². The quantitative estimate of drug-likeness (QED) is 0.265. The Labute approximate surface area is 244 Å². The first kappa shape index (κ1) is 32.0. The monoisotopic (exact) mass is 565 g/mol. The highest BCUT2D eigenvalue weighted by Crippen LogP contribution is 2.34. The van der Waals surface area contributed by atoms with Crippen LogP contribution in [-0.4, -0.2) is 52.1 Å². The highest BCUT2D eigenvalue weighted by atomic mass is 16.6. The molecule has 0 aromatic heterocycles. The molecule has 3 amide bonds. The van der Waals surface area contributed by atoms with E-state index in [2.05, 4.69) is 24.5 Å². The van der Waals surface area contributed by atoms with Gasteiger partial charge >= 0.3 is 6.09 Å². The van der Waals surface area contributed by atoms with Gasteiger partial charge in [-0.1, -0.05) is 63.1 Å². The van der Waals surface area contributed by atoms with Crippen LogP contribution in [0.15, 0.2) is 48.5 Å². The fourth-order valence-electron chi connectivity index (χ4n) is 4.94. The molecule has 1 aliphatic carbocycles. The standard InChI is InChI=1S/C33H47N3O5/c1-6-8-9-21-34-30(38)29(25-17-13-23(7-2)14-18-25)36(26-11-10-12-26)31(39)28(35-32(40)41-33(3,4)5)22-24-15-19-27(37)20-16-24/h13-20,26,28-29,37H,6-12,21-22H2,1-5H3,(H,34,38)(H,35,40). The molecule has 0 spiro atoms. The van der Waals surface area contributed by atoms with Crippen LogP contribution in [0.1, 0.15) is 95.9 Å². The summed E-state index contributed by atoms with van der Waals surface area (Å²) in [7, 11) is 0. The number of hydrogen-bond acceptors (Lipinski definition) is 5. The fourth-order valence-corrected chi connectivity index (χ4v) is 4.94. The molecule has 0 heterocycles. The predicted molar refractivity (Wildman–Crippen MR) is 161 cm³/mol. The van der Waals surface area contributed by atoms with Gasteiger partial charge in [0.25, 0.3) is 0 Å². The number of aryl methyl sites for hydroxylation is 1. The molecule has 8 heteroatoms. The third kappa shape index (κ3) is 9.51. The number of benzene rings is 2. The Kier molecular flexibility index (Phi) is 11.6. The maximum Gasteiger partial charge on any atom is 0.408 e. The van der Waals surface area contributed by atoms with Crippen molar-refractivity contribution < 1.29 is 24.2 Å². The van der Waals surface area contributed by atoms with Crippen LogP contribution in [0, 0.1) is 0 Å². The number of carbonyl (C=O) groups is 3. The molecule has 2 atom stereocenters. The third-order valence-electron chi connectivity index (χ3n) is 7.40. The Hall–Kier alpha value is -3.55. The summed E-state index contributed by atoms with van der Waals surface area (Å²) in [5.41, 5.74) is 1.91. The van der Waals surface area contributed by atoms with Gasteiger partial charge in [-0.3, -0.25) is 9.59 Å². The van der Waals surface area contributed by atoms with E-state index in [9.17, 15) is 19.5 Å². The van der Waals surface area contributed by atoms with Crippen molar-refractivity contribution in [2.75, 3.05) is 6.54 Å². The van der Waals surface area contributed by atoms with Crippen molar-refractivity contribution in [2.45, 2.75) is 110 Å². The number of nitrogens with one attached hydrogen (secondary N) is 2. The number of nitrogens with zero attached hydrogens (tertiary/aromatic N) is 1. The second-order valence-corrected chi connectivity index (χ2v) is 11.9. The summed E-state index contributed by atoms with van der Waals surface area (Å²) in [5.74, 6) is -0.434. The Bertz CT molecular complexity index is 1140. The van der Waals surface area contributed by atoms with E-state index in [4.69, 9.17) is 4.74 Å². The van der Waals surface area contributed by atoms with Gasteiger partial charge in [-0.15, -0.1) is 0 Å². The van der Waals surface area contributed by atoms with E-state index in [0.29, 0.717) is 6.54 Å². The zero-order valence-electron chi connectivity index (χ0n) is 25.2. The molecule has 8 nitrogen and oxygen atoms in total. The first-order chi connectivity index (χ1) is 19.5. The largest absolute Gasteiger partial charge is 0.508 e. The van der Waals surface area contributed by atoms with Gasteiger partial charge in [0.15, 0.2) is 0 Å². The number of amides is 3. The number of aromatic hydroxyl groups is 1. The zero-order chi connectivity index (χ0) is 30.0. The lowest BCUT2D eigenvalue weighted by Crippen LogP contribution is -2.58. The van der Waals surface area contributed by atoms with Crippen molar-refractivity contribution >= 4 is 17.9 Å². The maximum atomic E-state index is 14.5. The molecule has 41 heavy (non-hydrogen) atoms. The van der Waals surface area contributed by atoms with Crippen molar-refractivity contribution in [3.05, 3.63) is 65.2 Å². The number of ether oxygens (including phenoxy) is 1. The van der Waals surface area contributed by atoms with E-state index in [1.54, 1.807) is 49.9 Å². The van der Waals surface area contributed by atoms with Crippen molar-refractivity contribution in [1.29, 1.82) is 0 Å². The van der Waals surface area contributed by atoms with Crippen LogP contribution in [0.2, 0.25) is 0 Å². The van der Waals surface area contributed by atoms with Gasteiger partial charge in [0.1, 0.15) is 23.4 Å². The number of phenolic OH excluding ortho intramolecular Hbond substituents is 1. The summed E-state index contributed by atoms with van der Waals surface area (Å²) in [6.45, 7) is 10.0. The van der Waals surface area contributed by atoms with Gasteiger partial charge in [-0.25, -0.2) is 4.79 Å². The molecule has 3 rings (SSSR count). The van der Waals surface area contributed by atoms with Crippen molar-refractivity contribution in [2.24, 2.45) is 0 Å². The lowest BCUT2D eigenvalue weighted by molar-refractivity contribution is -0.147. The van der Waals surface area contributed by atoms with E-state index >= 15 is 0 Å². The molecule has 2 unspecified atom stereocenters. The van der Waals surface area contributed by atoms with Crippen LogP contribution in [0.4, 0.5) is 4.79 Å². The molecule has 0 bridgehead atoms. The lowest BCUT2D eigenvalue weighted by atomic mass is 9.87. The van der Waals surface area contributed by atoms with E-state index < -0.39 is 23.8 Å². The number of alkyl carbamates (subject to hydrolysis) is 1. The zero-order valence-corrected chi connectivity index (χ0v) is 25.2. The smallest absolute Gasteiger partial charge is 0.408 e. The molecule has 0 aliphatic heterocycles. The minimum Gasteiger partial charge on any atom is -0.508 e. The topological polar surface area (TPSA) is 108 Å². The molecule has 3 N–H and O–H groups in total. The highest BCUT2D eigenvalue weighted by Gasteiger charge is 2.42. The highest BCUT2D eigenvalue weighted by molar-refractivity contribution is 5.92. The number of phenols is 1. The summed E-state index contributed by atoms with van der Waals surface area (Å²) in [6.07, 6.45) is 5.82. The van der Waals surface area contributed by atoms with Crippen molar-refractivity contribution in [3.8, 4) is 5.75 Å². The van der Waals surface area contributed by atoms with Crippen LogP contribution < -0.4 is 10.6 Å². The number of rotatable bonds is 13. The van der Waals surface area contributed by atoms with E-state index in [0.717, 1.165) is 61.6 Å². The molecule has 224 valence electrons. The fraction of sp³-hybridized carbons (Fsp3) is 0.545. The molecule has 1 saturated carbocycles. The summed E-state index contributed by atoms with van der Waals surface area (Å²) in [6, 6.07) is 12.5. The molecule has 1 fully saturated rings. The number of unbranched alkanes of at least 4 members (excludes halogenated alkanes) is 2.